The highest BCUT2D eigenvalue weighted by atomic mass is 16.4. The Morgan fingerprint density at radius 1 is 1.03 bits per heavy atom. The smallest absolute Gasteiger partial charge is 0.251 e. The maximum absolute atomic E-state index is 12.6. The first-order chi connectivity index (χ1) is 14.1. The van der Waals surface area contributed by atoms with Gasteiger partial charge in [0, 0.05) is 45.6 Å². The van der Waals surface area contributed by atoms with Gasteiger partial charge in [-0.1, -0.05) is 29.8 Å². The number of benzene rings is 1. The van der Waals surface area contributed by atoms with Crippen LogP contribution < -0.4 is 0 Å². The van der Waals surface area contributed by atoms with Crippen LogP contribution in [0.15, 0.2) is 45.4 Å². The Labute approximate surface area is 170 Å². The molecule has 1 amide bonds. The van der Waals surface area contributed by atoms with E-state index in [-0.39, 0.29) is 5.91 Å². The Morgan fingerprint density at radius 2 is 1.79 bits per heavy atom. The molecule has 0 atom stereocenters. The van der Waals surface area contributed by atoms with Crippen LogP contribution in [0.1, 0.15) is 29.2 Å². The molecule has 2 aromatic heterocycles. The largest absolute Gasteiger partial charge is 0.469 e. The second kappa shape index (κ2) is 8.61. The molecular weight excluding hydrogens is 368 g/mol. The molecule has 1 fully saturated rings. The summed E-state index contributed by atoms with van der Waals surface area (Å²) in [6, 6.07) is 10.4. The SMILES string of the molecule is Cc1ccc(CN2CCN(C(=O)CCc3nnc(-c4ccoc4C)o3)CC2)cc1. The van der Waals surface area contributed by atoms with Crippen molar-refractivity contribution in [3.63, 3.8) is 0 Å². The number of carbonyl (C=O) groups excluding carboxylic acids is 1. The van der Waals surface area contributed by atoms with Crippen molar-refractivity contribution in [1.82, 2.24) is 20.0 Å². The molecule has 1 aliphatic heterocycles. The van der Waals surface area contributed by atoms with Gasteiger partial charge >= 0.3 is 0 Å². The third kappa shape index (κ3) is 4.74. The average molecular weight is 394 g/mol. The van der Waals surface area contributed by atoms with Crippen molar-refractivity contribution < 1.29 is 13.6 Å². The summed E-state index contributed by atoms with van der Waals surface area (Å²) in [6.07, 6.45) is 2.42. The van der Waals surface area contributed by atoms with Crippen LogP contribution in [-0.2, 0) is 17.8 Å². The number of hydrogen-bond donors (Lipinski definition) is 0. The van der Waals surface area contributed by atoms with E-state index in [2.05, 4.69) is 46.3 Å². The Kier molecular flexibility index (Phi) is 5.76. The van der Waals surface area contributed by atoms with Gasteiger partial charge in [0.05, 0.1) is 11.8 Å². The van der Waals surface area contributed by atoms with E-state index in [1.54, 1.807) is 12.3 Å². The molecule has 7 heteroatoms. The molecule has 0 radical (unpaired) electrons. The van der Waals surface area contributed by atoms with Crippen LogP contribution in [0.4, 0.5) is 0 Å². The van der Waals surface area contributed by atoms with Gasteiger partial charge in [0.2, 0.25) is 11.8 Å². The molecule has 0 aliphatic carbocycles. The van der Waals surface area contributed by atoms with Crippen LogP contribution in [0.3, 0.4) is 0 Å². The minimum Gasteiger partial charge on any atom is -0.469 e. The standard InChI is InChI=1S/C22H26N4O3/c1-16-3-5-18(6-4-16)15-25-10-12-26(13-11-25)21(27)8-7-20-23-24-22(29-20)19-9-14-28-17(19)2/h3-6,9,14H,7-8,10-13,15H2,1-2H3. The number of hydrogen-bond acceptors (Lipinski definition) is 6. The van der Waals surface area contributed by atoms with E-state index in [0.29, 0.717) is 24.6 Å². The highest BCUT2D eigenvalue weighted by molar-refractivity contribution is 5.76. The summed E-state index contributed by atoms with van der Waals surface area (Å²) < 4.78 is 10.9. The predicted octanol–water partition coefficient (Wildman–Crippen LogP) is 3.22. The third-order valence-corrected chi connectivity index (χ3v) is 5.36. The van der Waals surface area contributed by atoms with Gasteiger partial charge in [-0.3, -0.25) is 9.69 Å². The molecule has 1 aromatic carbocycles. The summed E-state index contributed by atoms with van der Waals surface area (Å²) in [6.45, 7) is 8.18. The van der Waals surface area contributed by atoms with Gasteiger partial charge < -0.3 is 13.7 Å². The minimum absolute atomic E-state index is 0.138. The van der Waals surface area contributed by atoms with Crippen molar-refractivity contribution in [1.29, 1.82) is 0 Å². The van der Waals surface area contributed by atoms with Crippen LogP contribution in [0.5, 0.6) is 0 Å². The lowest BCUT2D eigenvalue weighted by atomic mass is 10.1. The van der Waals surface area contributed by atoms with E-state index >= 15 is 0 Å². The number of carbonyl (C=O) groups is 1. The topological polar surface area (TPSA) is 75.6 Å². The van der Waals surface area contributed by atoms with Gasteiger partial charge in [-0.05, 0) is 25.5 Å². The molecular formula is C22H26N4O3. The number of amides is 1. The summed E-state index contributed by atoms with van der Waals surface area (Å²) in [4.78, 5) is 16.9. The van der Waals surface area contributed by atoms with Crippen molar-refractivity contribution in [2.45, 2.75) is 33.2 Å². The van der Waals surface area contributed by atoms with Gasteiger partial charge in [0.15, 0.2) is 0 Å². The molecule has 152 valence electrons. The molecule has 3 aromatic rings. The number of aromatic nitrogens is 2. The molecule has 3 heterocycles. The molecule has 0 N–H and O–H groups in total. The normalized spacial score (nSPS) is 15.0. The minimum atomic E-state index is 0.138. The molecule has 4 rings (SSSR count). The van der Waals surface area contributed by atoms with Crippen molar-refractivity contribution in [2.75, 3.05) is 26.2 Å². The van der Waals surface area contributed by atoms with Crippen LogP contribution >= 0.6 is 0 Å². The predicted molar refractivity (Wildman–Crippen MR) is 108 cm³/mol. The zero-order valence-electron chi connectivity index (χ0n) is 16.9. The fraction of sp³-hybridized carbons (Fsp3) is 0.409. The summed E-state index contributed by atoms with van der Waals surface area (Å²) in [5, 5.41) is 8.12. The molecule has 7 nitrogen and oxygen atoms in total. The molecule has 0 bridgehead atoms. The zero-order chi connectivity index (χ0) is 20.2. The van der Waals surface area contributed by atoms with Crippen LogP contribution in [0, 0.1) is 13.8 Å². The van der Waals surface area contributed by atoms with E-state index in [0.717, 1.165) is 44.0 Å². The highest BCUT2D eigenvalue weighted by Gasteiger charge is 2.22. The molecule has 0 unspecified atom stereocenters. The second-order valence-electron chi connectivity index (χ2n) is 7.53. The molecule has 0 spiro atoms. The molecule has 0 saturated carbocycles. The number of rotatable bonds is 6. The lowest BCUT2D eigenvalue weighted by molar-refractivity contribution is -0.133. The highest BCUT2D eigenvalue weighted by Crippen LogP contribution is 2.23. The summed E-state index contributed by atoms with van der Waals surface area (Å²) in [5.74, 6) is 1.79. The first-order valence-corrected chi connectivity index (χ1v) is 10.0. The van der Waals surface area contributed by atoms with Crippen molar-refractivity contribution in [3.05, 3.63) is 59.4 Å². The first-order valence-electron chi connectivity index (χ1n) is 10.0. The van der Waals surface area contributed by atoms with Crippen LogP contribution in [0.25, 0.3) is 11.5 Å². The summed E-state index contributed by atoms with van der Waals surface area (Å²) in [7, 11) is 0. The Bertz CT molecular complexity index is 953. The van der Waals surface area contributed by atoms with Crippen molar-refractivity contribution >= 4 is 5.91 Å². The van der Waals surface area contributed by atoms with Gasteiger partial charge in [-0.25, -0.2) is 0 Å². The van der Waals surface area contributed by atoms with Gasteiger partial charge in [-0.15, -0.1) is 10.2 Å². The fourth-order valence-electron chi connectivity index (χ4n) is 3.55. The number of furan rings is 1. The lowest BCUT2D eigenvalue weighted by Crippen LogP contribution is -2.48. The monoisotopic (exact) mass is 394 g/mol. The zero-order valence-corrected chi connectivity index (χ0v) is 16.9. The second-order valence-corrected chi connectivity index (χ2v) is 7.53. The Balaban J connectivity index is 1.23. The van der Waals surface area contributed by atoms with E-state index in [4.69, 9.17) is 8.83 Å². The molecule has 1 aliphatic rings. The Morgan fingerprint density at radius 3 is 2.48 bits per heavy atom. The third-order valence-electron chi connectivity index (χ3n) is 5.36. The van der Waals surface area contributed by atoms with E-state index in [1.807, 2.05) is 11.8 Å². The summed E-state index contributed by atoms with van der Waals surface area (Å²) >= 11 is 0. The van der Waals surface area contributed by atoms with E-state index in [9.17, 15) is 4.79 Å². The lowest BCUT2D eigenvalue weighted by Gasteiger charge is -2.34. The van der Waals surface area contributed by atoms with Crippen molar-refractivity contribution in [2.24, 2.45) is 0 Å². The fourth-order valence-corrected chi connectivity index (χ4v) is 3.55. The number of piperazine rings is 1. The maximum Gasteiger partial charge on any atom is 0.251 e. The summed E-state index contributed by atoms with van der Waals surface area (Å²) in [5.41, 5.74) is 3.38. The maximum atomic E-state index is 12.6. The van der Waals surface area contributed by atoms with Gasteiger partial charge in [0.1, 0.15) is 5.76 Å². The Hall–Kier alpha value is -2.93. The van der Waals surface area contributed by atoms with Crippen LogP contribution in [0.2, 0.25) is 0 Å². The average Bonchev–Trinajstić information content (AvgIpc) is 3.37. The van der Waals surface area contributed by atoms with Gasteiger partial charge in [0.25, 0.3) is 5.89 Å². The van der Waals surface area contributed by atoms with Crippen molar-refractivity contribution in [3.8, 4) is 11.5 Å². The number of aryl methyl sites for hydroxylation is 3. The number of nitrogens with zero attached hydrogens (tertiary/aromatic N) is 4. The van der Waals surface area contributed by atoms with Gasteiger partial charge in [-0.2, -0.15) is 0 Å². The molecule has 29 heavy (non-hydrogen) atoms. The quantitative estimate of drug-likeness (QED) is 0.639. The van der Waals surface area contributed by atoms with E-state index < -0.39 is 0 Å². The van der Waals surface area contributed by atoms with E-state index in [1.165, 1.54) is 11.1 Å². The van der Waals surface area contributed by atoms with Crippen LogP contribution in [-0.4, -0.2) is 52.1 Å². The molecule has 1 saturated heterocycles. The first kappa shape index (κ1) is 19.4.